The number of unbranched alkanes of at least 4 members (excludes halogenated alkanes) is 50. The molecule has 0 aromatic carbocycles. The van der Waals surface area contributed by atoms with Crippen molar-refractivity contribution in [2.24, 2.45) is 0 Å². The maximum Gasteiger partial charge on any atom is 0.306 e. The molecule has 0 radical (unpaired) electrons. The number of ether oxygens (including phenoxy) is 3. The third-order valence-electron chi connectivity index (χ3n) is 15.1. The fourth-order valence-corrected chi connectivity index (χ4v) is 10.2. The van der Waals surface area contributed by atoms with Crippen molar-refractivity contribution < 1.29 is 28.6 Å². The van der Waals surface area contributed by atoms with Gasteiger partial charge in [0.15, 0.2) is 6.10 Å². The average molecular weight is 1000 g/mol. The van der Waals surface area contributed by atoms with Gasteiger partial charge < -0.3 is 14.2 Å². The van der Waals surface area contributed by atoms with Gasteiger partial charge in [-0.05, 0) is 19.3 Å². The van der Waals surface area contributed by atoms with Gasteiger partial charge in [0.05, 0.1) is 0 Å². The van der Waals surface area contributed by atoms with Crippen LogP contribution in [0.3, 0.4) is 0 Å². The van der Waals surface area contributed by atoms with Crippen LogP contribution in [0.25, 0.3) is 0 Å². The Labute approximate surface area is 444 Å². The van der Waals surface area contributed by atoms with E-state index < -0.39 is 6.10 Å². The van der Waals surface area contributed by atoms with Gasteiger partial charge in [0.1, 0.15) is 13.2 Å². The highest BCUT2D eigenvalue weighted by molar-refractivity contribution is 5.71. The zero-order chi connectivity index (χ0) is 51.4. The van der Waals surface area contributed by atoms with Crippen LogP contribution in [0.1, 0.15) is 380 Å². The Morgan fingerprint density at radius 2 is 0.380 bits per heavy atom. The summed E-state index contributed by atoms with van der Waals surface area (Å²) in [4.78, 5) is 38.2. The highest BCUT2D eigenvalue weighted by Crippen LogP contribution is 2.19. The van der Waals surface area contributed by atoms with Gasteiger partial charge in [-0.2, -0.15) is 0 Å². The van der Waals surface area contributed by atoms with Gasteiger partial charge in [-0.15, -0.1) is 0 Å². The van der Waals surface area contributed by atoms with E-state index in [-0.39, 0.29) is 31.1 Å². The number of carbonyl (C=O) groups is 3. The molecule has 0 amide bonds. The van der Waals surface area contributed by atoms with E-state index in [1.807, 2.05) is 0 Å². The van der Waals surface area contributed by atoms with Crippen molar-refractivity contribution in [1.82, 2.24) is 0 Å². The van der Waals surface area contributed by atoms with E-state index in [2.05, 4.69) is 20.8 Å². The van der Waals surface area contributed by atoms with E-state index in [0.29, 0.717) is 19.3 Å². The molecular weight excluding hydrogens is 877 g/mol. The van der Waals surface area contributed by atoms with Crippen molar-refractivity contribution in [2.75, 3.05) is 13.2 Å². The van der Waals surface area contributed by atoms with E-state index in [4.69, 9.17) is 14.2 Å². The summed E-state index contributed by atoms with van der Waals surface area (Å²) in [5, 5.41) is 0. The van der Waals surface area contributed by atoms with Crippen LogP contribution in [0.5, 0.6) is 0 Å². The van der Waals surface area contributed by atoms with Crippen LogP contribution in [0.15, 0.2) is 0 Å². The fraction of sp³-hybridized carbons (Fsp3) is 0.954. The standard InChI is InChI=1S/C65H126O6/c1-4-7-10-13-16-19-21-23-25-27-29-31-32-34-35-37-39-41-43-46-49-52-55-58-64(67)70-61-62(60-69-63(66)57-54-51-48-45-18-15-12-9-6-3)71-65(68)59-56-53-50-47-44-42-40-38-36-33-30-28-26-24-22-20-17-14-11-8-5-2/h62H,4-61H2,1-3H3. The van der Waals surface area contributed by atoms with Crippen molar-refractivity contribution in [3.8, 4) is 0 Å². The maximum absolute atomic E-state index is 12.9. The zero-order valence-electron chi connectivity index (χ0n) is 48.5. The average Bonchev–Trinajstić information content (AvgIpc) is 3.37. The molecule has 0 fully saturated rings. The fourth-order valence-electron chi connectivity index (χ4n) is 10.2. The first-order chi connectivity index (χ1) is 35.0. The molecule has 0 aromatic heterocycles. The first-order valence-corrected chi connectivity index (χ1v) is 32.5. The van der Waals surface area contributed by atoms with E-state index in [1.165, 1.54) is 283 Å². The summed E-state index contributed by atoms with van der Waals surface area (Å²) in [6, 6.07) is 0. The van der Waals surface area contributed by atoms with Crippen LogP contribution in [0.2, 0.25) is 0 Å². The molecule has 71 heavy (non-hydrogen) atoms. The van der Waals surface area contributed by atoms with Crippen molar-refractivity contribution in [3.05, 3.63) is 0 Å². The predicted octanol–water partition coefficient (Wildman–Crippen LogP) is 21.9. The highest BCUT2D eigenvalue weighted by Gasteiger charge is 2.19. The molecule has 0 aromatic rings. The smallest absolute Gasteiger partial charge is 0.306 e. The summed E-state index contributed by atoms with van der Waals surface area (Å²) >= 11 is 0. The Bertz CT molecular complexity index is 1060. The Balaban J connectivity index is 4.12. The first-order valence-electron chi connectivity index (χ1n) is 32.5. The molecule has 6 nitrogen and oxygen atoms in total. The zero-order valence-corrected chi connectivity index (χ0v) is 48.5. The molecule has 1 unspecified atom stereocenters. The molecule has 0 spiro atoms. The van der Waals surface area contributed by atoms with Gasteiger partial charge in [-0.1, -0.05) is 342 Å². The molecule has 0 aliphatic carbocycles. The van der Waals surface area contributed by atoms with E-state index in [0.717, 1.165) is 57.8 Å². The lowest BCUT2D eigenvalue weighted by molar-refractivity contribution is -0.167. The largest absolute Gasteiger partial charge is 0.462 e. The van der Waals surface area contributed by atoms with Crippen molar-refractivity contribution in [2.45, 2.75) is 386 Å². The van der Waals surface area contributed by atoms with Crippen LogP contribution in [0, 0.1) is 0 Å². The first kappa shape index (κ1) is 69.4. The van der Waals surface area contributed by atoms with Crippen LogP contribution in [-0.2, 0) is 28.6 Å². The number of carbonyl (C=O) groups excluding carboxylic acids is 3. The Kier molecular flexibility index (Phi) is 59.6. The third kappa shape index (κ3) is 59.2. The Morgan fingerprint density at radius 3 is 0.563 bits per heavy atom. The lowest BCUT2D eigenvalue weighted by Crippen LogP contribution is -2.30. The van der Waals surface area contributed by atoms with Crippen molar-refractivity contribution >= 4 is 17.9 Å². The monoisotopic (exact) mass is 1000 g/mol. The molecule has 0 saturated carbocycles. The quantitative estimate of drug-likeness (QED) is 0.0343. The highest BCUT2D eigenvalue weighted by atomic mass is 16.6. The molecule has 0 rings (SSSR count). The molecule has 0 N–H and O–H groups in total. The second kappa shape index (κ2) is 61.0. The number of rotatable bonds is 61. The normalized spacial score (nSPS) is 11.9. The van der Waals surface area contributed by atoms with Crippen molar-refractivity contribution in [1.29, 1.82) is 0 Å². The second-order valence-electron chi connectivity index (χ2n) is 22.4. The van der Waals surface area contributed by atoms with Crippen LogP contribution >= 0.6 is 0 Å². The Morgan fingerprint density at radius 1 is 0.225 bits per heavy atom. The molecule has 0 saturated heterocycles. The molecule has 6 heteroatoms. The third-order valence-corrected chi connectivity index (χ3v) is 15.1. The lowest BCUT2D eigenvalue weighted by atomic mass is 10.0. The summed E-state index contributed by atoms with van der Waals surface area (Å²) in [6.07, 6.45) is 69.9. The van der Waals surface area contributed by atoms with Gasteiger partial charge in [0.25, 0.3) is 0 Å². The minimum absolute atomic E-state index is 0.0610. The molecule has 0 bridgehead atoms. The molecule has 0 aliphatic rings. The van der Waals surface area contributed by atoms with Gasteiger partial charge in [0, 0.05) is 19.3 Å². The van der Waals surface area contributed by atoms with Crippen LogP contribution in [-0.4, -0.2) is 37.2 Å². The van der Waals surface area contributed by atoms with Crippen LogP contribution < -0.4 is 0 Å². The topological polar surface area (TPSA) is 78.9 Å². The van der Waals surface area contributed by atoms with Gasteiger partial charge in [-0.25, -0.2) is 0 Å². The molecule has 1 atom stereocenters. The predicted molar refractivity (Wildman–Crippen MR) is 307 cm³/mol. The summed E-state index contributed by atoms with van der Waals surface area (Å²) < 4.78 is 16.9. The van der Waals surface area contributed by atoms with Crippen molar-refractivity contribution in [3.63, 3.8) is 0 Å². The lowest BCUT2D eigenvalue weighted by Gasteiger charge is -2.18. The number of esters is 3. The van der Waals surface area contributed by atoms with Gasteiger partial charge >= 0.3 is 17.9 Å². The van der Waals surface area contributed by atoms with E-state index in [1.54, 1.807) is 0 Å². The number of hydrogen-bond acceptors (Lipinski definition) is 6. The molecule has 422 valence electrons. The summed E-state index contributed by atoms with van der Waals surface area (Å²) in [5.41, 5.74) is 0. The van der Waals surface area contributed by atoms with Gasteiger partial charge in [0.2, 0.25) is 0 Å². The minimum atomic E-state index is -0.761. The SMILES string of the molecule is CCCCCCCCCCCCCCCCCCCCCCCCCC(=O)OCC(COC(=O)CCCCCCCCCCC)OC(=O)CCCCCCCCCCCCCCCCCCCCCCC. The maximum atomic E-state index is 12.9. The molecular formula is C65H126O6. The van der Waals surface area contributed by atoms with Crippen LogP contribution in [0.4, 0.5) is 0 Å². The minimum Gasteiger partial charge on any atom is -0.462 e. The second-order valence-corrected chi connectivity index (χ2v) is 22.4. The molecule has 0 aliphatic heterocycles. The summed E-state index contributed by atoms with van der Waals surface area (Å²) in [6.45, 7) is 6.71. The molecule has 0 heterocycles. The Hall–Kier alpha value is -1.59. The van der Waals surface area contributed by atoms with E-state index >= 15 is 0 Å². The summed E-state index contributed by atoms with van der Waals surface area (Å²) in [7, 11) is 0. The van der Waals surface area contributed by atoms with E-state index in [9.17, 15) is 14.4 Å². The summed E-state index contributed by atoms with van der Waals surface area (Å²) in [5.74, 6) is -0.830. The number of hydrogen-bond donors (Lipinski definition) is 0. The van der Waals surface area contributed by atoms with Gasteiger partial charge in [-0.3, -0.25) is 14.4 Å².